The molecule has 0 saturated carbocycles. The summed E-state index contributed by atoms with van der Waals surface area (Å²) in [5, 5.41) is 3.01. The number of anilines is 1. The van der Waals surface area contributed by atoms with Crippen LogP contribution in [0.3, 0.4) is 0 Å². The van der Waals surface area contributed by atoms with E-state index in [9.17, 15) is 18.0 Å². The Morgan fingerprint density at radius 1 is 0.891 bits per heavy atom. The van der Waals surface area contributed by atoms with Crippen LogP contribution in [0.4, 0.5) is 5.69 Å². The first-order chi connectivity index (χ1) is 22.1. The SMILES string of the molecule is CCCCNC(=O)[C@@H](Cc1ccccc1)N(Cc1cccc(Br)c1)C(=O)CN(c1ccc(OC)cc1)S(=O)(=O)c1ccc(C)cc1. The number of hydrogen-bond acceptors (Lipinski definition) is 5. The quantitative estimate of drug-likeness (QED) is 0.142. The second-order valence-electron chi connectivity index (χ2n) is 11.0. The summed E-state index contributed by atoms with van der Waals surface area (Å²) in [7, 11) is -2.66. The highest BCUT2D eigenvalue weighted by Gasteiger charge is 2.34. The van der Waals surface area contributed by atoms with Crippen LogP contribution in [-0.2, 0) is 32.6 Å². The molecule has 1 N–H and O–H groups in total. The van der Waals surface area contributed by atoms with Crippen molar-refractivity contribution in [3.8, 4) is 5.75 Å². The van der Waals surface area contributed by atoms with Crippen molar-refractivity contribution >= 4 is 43.5 Å². The number of amides is 2. The maximum Gasteiger partial charge on any atom is 0.264 e. The molecule has 0 aliphatic rings. The van der Waals surface area contributed by atoms with Crippen molar-refractivity contribution < 1.29 is 22.7 Å². The number of benzene rings is 4. The largest absolute Gasteiger partial charge is 0.497 e. The van der Waals surface area contributed by atoms with E-state index in [2.05, 4.69) is 21.2 Å². The number of methoxy groups -OCH3 is 1. The third-order valence-corrected chi connectivity index (χ3v) is 9.87. The summed E-state index contributed by atoms with van der Waals surface area (Å²) >= 11 is 3.51. The number of hydrogen-bond donors (Lipinski definition) is 1. The van der Waals surface area contributed by atoms with Gasteiger partial charge in [-0.15, -0.1) is 0 Å². The van der Waals surface area contributed by atoms with E-state index in [0.717, 1.165) is 38.3 Å². The number of ether oxygens (including phenoxy) is 1. The molecule has 8 nitrogen and oxygen atoms in total. The summed E-state index contributed by atoms with van der Waals surface area (Å²) < 4.78 is 35.5. The molecule has 0 bridgehead atoms. The van der Waals surface area contributed by atoms with Gasteiger partial charge < -0.3 is 15.0 Å². The predicted octanol–water partition coefficient (Wildman–Crippen LogP) is 6.52. The third-order valence-electron chi connectivity index (χ3n) is 7.59. The van der Waals surface area contributed by atoms with Crippen LogP contribution in [-0.4, -0.2) is 51.4 Å². The lowest BCUT2D eigenvalue weighted by Crippen LogP contribution is -2.53. The maximum atomic E-state index is 14.5. The monoisotopic (exact) mass is 705 g/mol. The summed E-state index contributed by atoms with van der Waals surface area (Å²) in [6.45, 7) is 3.96. The van der Waals surface area contributed by atoms with Crippen LogP contribution in [0.25, 0.3) is 0 Å². The average Bonchev–Trinajstić information content (AvgIpc) is 3.06. The van der Waals surface area contributed by atoms with E-state index >= 15 is 0 Å². The Hall–Kier alpha value is -4.15. The van der Waals surface area contributed by atoms with Crippen LogP contribution < -0.4 is 14.4 Å². The van der Waals surface area contributed by atoms with E-state index in [1.165, 1.54) is 24.1 Å². The van der Waals surface area contributed by atoms with Gasteiger partial charge in [0.15, 0.2) is 0 Å². The van der Waals surface area contributed by atoms with Crippen LogP contribution in [0, 0.1) is 6.92 Å². The highest BCUT2D eigenvalue weighted by molar-refractivity contribution is 9.10. The zero-order valence-electron chi connectivity index (χ0n) is 26.4. The fourth-order valence-electron chi connectivity index (χ4n) is 5.01. The van der Waals surface area contributed by atoms with E-state index in [1.54, 1.807) is 36.4 Å². The summed E-state index contributed by atoms with van der Waals surface area (Å²) in [5.74, 6) is -0.262. The fourth-order valence-corrected chi connectivity index (χ4v) is 6.87. The maximum absolute atomic E-state index is 14.5. The number of carbonyl (C=O) groups is 2. The molecule has 242 valence electrons. The average molecular weight is 707 g/mol. The molecule has 0 heterocycles. The van der Waals surface area contributed by atoms with Crippen molar-refractivity contribution in [3.05, 3.63) is 124 Å². The van der Waals surface area contributed by atoms with Gasteiger partial charge in [-0.1, -0.05) is 89.4 Å². The lowest BCUT2D eigenvalue weighted by atomic mass is 10.0. The number of unbranched alkanes of at least 4 members (excludes halogenated alkanes) is 1. The zero-order valence-corrected chi connectivity index (χ0v) is 28.8. The third kappa shape index (κ3) is 9.20. The summed E-state index contributed by atoms with van der Waals surface area (Å²) in [4.78, 5) is 29.9. The molecule has 0 saturated heterocycles. The van der Waals surface area contributed by atoms with Gasteiger partial charge in [-0.2, -0.15) is 0 Å². The Morgan fingerprint density at radius 3 is 2.20 bits per heavy atom. The Morgan fingerprint density at radius 2 is 1.57 bits per heavy atom. The van der Waals surface area contributed by atoms with Gasteiger partial charge in [-0.25, -0.2) is 8.42 Å². The Bertz CT molecular complexity index is 1700. The highest BCUT2D eigenvalue weighted by Crippen LogP contribution is 2.27. The lowest BCUT2D eigenvalue weighted by Gasteiger charge is -2.34. The van der Waals surface area contributed by atoms with Crippen molar-refractivity contribution in [2.75, 3.05) is 24.5 Å². The van der Waals surface area contributed by atoms with Crippen molar-refractivity contribution in [2.45, 2.75) is 50.6 Å². The van der Waals surface area contributed by atoms with Gasteiger partial charge in [0.05, 0.1) is 17.7 Å². The van der Waals surface area contributed by atoms with Crippen molar-refractivity contribution in [1.82, 2.24) is 10.2 Å². The summed E-state index contributed by atoms with van der Waals surface area (Å²) in [5.41, 5.74) is 2.87. The number of carbonyl (C=O) groups excluding carboxylic acids is 2. The number of aryl methyl sites for hydroxylation is 1. The van der Waals surface area contributed by atoms with Crippen molar-refractivity contribution in [1.29, 1.82) is 0 Å². The molecule has 4 aromatic rings. The molecule has 0 aromatic heterocycles. The highest BCUT2D eigenvalue weighted by atomic mass is 79.9. The molecule has 0 aliphatic heterocycles. The first kappa shape index (κ1) is 34.7. The molecular weight excluding hydrogens is 666 g/mol. The van der Waals surface area contributed by atoms with Gasteiger partial charge in [0.25, 0.3) is 10.0 Å². The minimum Gasteiger partial charge on any atom is -0.497 e. The smallest absolute Gasteiger partial charge is 0.264 e. The number of rotatable bonds is 15. The molecule has 4 aromatic carbocycles. The molecule has 10 heteroatoms. The molecular formula is C36H40BrN3O5S. The summed E-state index contributed by atoms with van der Waals surface area (Å²) in [6.07, 6.45) is 1.95. The van der Waals surface area contributed by atoms with Crippen LogP contribution in [0.2, 0.25) is 0 Å². The molecule has 0 aliphatic carbocycles. The Labute approximate surface area is 280 Å². The minimum absolute atomic E-state index is 0.0541. The topological polar surface area (TPSA) is 96.0 Å². The number of nitrogens with one attached hydrogen (secondary N) is 1. The normalized spacial score (nSPS) is 11.8. The van der Waals surface area contributed by atoms with Crippen molar-refractivity contribution in [2.24, 2.45) is 0 Å². The van der Waals surface area contributed by atoms with E-state index < -0.39 is 28.5 Å². The van der Waals surface area contributed by atoms with E-state index in [1.807, 2.05) is 68.4 Å². The number of nitrogens with zero attached hydrogens (tertiary/aromatic N) is 2. The first-order valence-corrected chi connectivity index (χ1v) is 17.4. The lowest BCUT2D eigenvalue weighted by molar-refractivity contribution is -0.140. The van der Waals surface area contributed by atoms with Gasteiger partial charge in [-0.3, -0.25) is 13.9 Å². The molecule has 4 rings (SSSR count). The minimum atomic E-state index is -4.18. The van der Waals surface area contributed by atoms with Crippen LogP contribution in [0.5, 0.6) is 5.75 Å². The molecule has 0 spiro atoms. The van der Waals surface area contributed by atoms with Gasteiger partial charge in [0.2, 0.25) is 11.8 Å². The van der Waals surface area contributed by atoms with Crippen LogP contribution in [0.15, 0.2) is 112 Å². The molecule has 46 heavy (non-hydrogen) atoms. The van der Waals surface area contributed by atoms with Gasteiger partial charge in [0.1, 0.15) is 18.3 Å². The van der Waals surface area contributed by atoms with E-state index in [0.29, 0.717) is 18.0 Å². The molecule has 2 amide bonds. The Kier molecular flexibility index (Phi) is 12.4. The number of halogens is 1. The fraction of sp³-hybridized carbons (Fsp3) is 0.278. The van der Waals surface area contributed by atoms with Gasteiger partial charge >= 0.3 is 0 Å². The first-order valence-electron chi connectivity index (χ1n) is 15.2. The summed E-state index contributed by atoms with van der Waals surface area (Å²) in [6, 6.07) is 29.1. The second kappa shape index (κ2) is 16.4. The van der Waals surface area contributed by atoms with Crippen molar-refractivity contribution in [3.63, 3.8) is 0 Å². The van der Waals surface area contributed by atoms with Crippen LogP contribution >= 0.6 is 15.9 Å². The Balaban J connectivity index is 1.79. The molecule has 0 unspecified atom stereocenters. The van der Waals surface area contributed by atoms with Crippen LogP contribution in [0.1, 0.15) is 36.5 Å². The second-order valence-corrected chi connectivity index (χ2v) is 13.8. The standard InChI is InChI=1S/C36H40BrN3O5S/c1-4-5-22-38-36(42)34(24-28-10-7-6-8-11-28)39(25-29-12-9-13-30(37)23-29)35(41)26-40(31-16-18-32(45-3)19-17-31)46(43,44)33-20-14-27(2)15-21-33/h6-21,23,34H,4-5,22,24-26H2,1-3H3,(H,38,42)/t34-/m1/s1. The predicted molar refractivity (Wildman–Crippen MR) is 185 cm³/mol. The van der Waals surface area contributed by atoms with E-state index in [4.69, 9.17) is 4.74 Å². The van der Waals surface area contributed by atoms with Gasteiger partial charge in [0, 0.05) is 24.0 Å². The van der Waals surface area contributed by atoms with Gasteiger partial charge in [-0.05, 0) is 73.0 Å². The number of sulfonamides is 1. The molecule has 0 fully saturated rings. The van der Waals surface area contributed by atoms with E-state index in [-0.39, 0.29) is 23.8 Å². The molecule has 0 radical (unpaired) electrons. The zero-order chi connectivity index (χ0) is 33.1. The molecule has 1 atom stereocenters.